The maximum Gasteiger partial charge on any atom is 0.416 e. The van der Waals surface area contributed by atoms with E-state index in [0.29, 0.717) is 27.6 Å². The summed E-state index contributed by atoms with van der Waals surface area (Å²) in [6.07, 6.45) is -1.71. The number of nitrogens with zero attached hydrogens (tertiary/aromatic N) is 3. The average Bonchev–Trinajstić information content (AvgIpc) is 3.35. The van der Waals surface area contributed by atoms with E-state index in [9.17, 15) is 18.3 Å². The first kappa shape index (κ1) is 18.2. The molecule has 0 unspecified atom stereocenters. The van der Waals surface area contributed by atoms with Crippen molar-refractivity contribution in [3.8, 4) is 5.88 Å². The van der Waals surface area contributed by atoms with Crippen LogP contribution in [-0.2, 0) is 12.6 Å². The summed E-state index contributed by atoms with van der Waals surface area (Å²) < 4.78 is 41.0. The number of rotatable bonds is 4. The van der Waals surface area contributed by atoms with Crippen molar-refractivity contribution >= 4 is 16.3 Å². The zero-order chi connectivity index (χ0) is 19.2. The molecule has 144 valence electrons. The van der Waals surface area contributed by atoms with Gasteiger partial charge in [0, 0.05) is 24.8 Å². The van der Waals surface area contributed by atoms with Gasteiger partial charge in [0.25, 0.3) is 0 Å². The molecule has 27 heavy (non-hydrogen) atoms. The number of aryl methyl sites for hydroxylation is 1. The second-order valence-electron chi connectivity index (χ2n) is 6.79. The van der Waals surface area contributed by atoms with Crippen molar-refractivity contribution in [1.29, 1.82) is 0 Å². The summed E-state index contributed by atoms with van der Waals surface area (Å²) in [5, 5.41) is 15.0. The third kappa shape index (κ3) is 3.29. The van der Waals surface area contributed by atoms with Gasteiger partial charge in [0.2, 0.25) is 10.8 Å². The van der Waals surface area contributed by atoms with Gasteiger partial charge in [0.15, 0.2) is 11.9 Å². The van der Waals surface area contributed by atoms with E-state index in [1.807, 2.05) is 6.92 Å². The largest absolute Gasteiger partial charge is 0.492 e. The SMILES string of the molecule is CCc1nc2sc([C@@H](c3cccc(C(F)(F)F)c3)[NH+]3CCCC3)c(O)n2n1. The van der Waals surface area contributed by atoms with E-state index in [4.69, 9.17) is 0 Å². The van der Waals surface area contributed by atoms with Crippen LogP contribution in [-0.4, -0.2) is 32.8 Å². The summed E-state index contributed by atoms with van der Waals surface area (Å²) in [4.78, 5) is 6.73. The first-order valence-electron chi connectivity index (χ1n) is 8.97. The molecule has 2 N–H and O–H groups in total. The topological polar surface area (TPSA) is 54.9 Å². The van der Waals surface area contributed by atoms with Gasteiger partial charge in [-0.1, -0.05) is 30.4 Å². The number of nitrogens with one attached hydrogen (secondary N) is 1. The fourth-order valence-corrected chi connectivity index (χ4v) is 4.87. The minimum Gasteiger partial charge on any atom is -0.492 e. The maximum absolute atomic E-state index is 13.2. The van der Waals surface area contributed by atoms with Crippen LogP contribution in [0.25, 0.3) is 4.96 Å². The molecule has 9 heteroatoms. The zero-order valence-electron chi connectivity index (χ0n) is 14.8. The number of thiazole rings is 1. The first-order chi connectivity index (χ1) is 12.9. The molecule has 4 rings (SSSR count). The number of benzene rings is 1. The van der Waals surface area contributed by atoms with Crippen LogP contribution in [0.4, 0.5) is 13.2 Å². The molecule has 5 nitrogen and oxygen atoms in total. The number of alkyl halides is 3. The number of aromatic nitrogens is 3. The molecule has 3 aromatic rings. The van der Waals surface area contributed by atoms with Crippen LogP contribution >= 0.6 is 11.3 Å². The fraction of sp³-hybridized carbons (Fsp3) is 0.444. The van der Waals surface area contributed by atoms with Crippen LogP contribution in [0.1, 0.15) is 47.6 Å². The molecule has 1 aromatic carbocycles. The highest BCUT2D eigenvalue weighted by Gasteiger charge is 2.37. The Morgan fingerprint density at radius 1 is 1.30 bits per heavy atom. The van der Waals surface area contributed by atoms with E-state index in [1.165, 1.54) is 28.0 Å². The quantitative estimate of drug-likeness (QED) is 0.712. The number of hydrogen-bond acceptors (Lipinski definition) is 4. The van der Waals surface area contributed by atoms with E-state index in [2.05, 4.69) is 10.1 Å². The van der Waals surface area contributed by atoms with E-state index in [1.54, 1.807) is 6.07 Å². The fourth-order valence-electron chi connectivity index (χ4n) is 3.71. The molecule has 1 atom stereocenters. The molecule has 0 saturated carbocycles. The predicted octanol–water partition coefficient (Wildman–Crippen LogP) is 2.85. The van der Waals surface area contributed by atoms with Crippen LogP contribution in [0.3, 0.4) is 0 Å². The van der Waals surface area contributed by atoms with Crippen LogP contribution < -0.4 is 4.90 Å². The van der Waals surface area contributed by atoms with Gasteiger partial charge in [0.05, 0.1) is 18.7 Å². The van der Waals surface area contributed by atoms with Crippen LogP contribution in [0, 0.1) is 0 Å². The van der Waals surface area contributed by atoms with E-state index in [-0.39, 0.29) is 11.9 Å². The Hall–Kier alpha value is -2.13. The highest BCUT2D eigenvalue weighted by atomic mass is 32.1. The molecule has 1 aliphatic heterocycles. The zero-order valence-corrected chi connectivity index (χ0v) is 15.6. The van der Waals surface area contributed by atoms with Crippen molar-refractivity contribution in [2.24, 2.45) is 0 Å². The third-order valence-corrected chi connectivity index (χ3v) is 6.11. The maximum atomic E-state index is 13.2. The monoisotopic (exact) mass is 397 g/mol. The number of fused-ring (bicyclic) bond motifs is 1. The molecule has 1 aliphatic rings. The van der Waals surface area contributed by atoms with Crippen LogP contribution in [0.5, 0.6) is 5.88 Å². The van der Waals surface area contributed by atoms with Gasteiger partial charge in [-0.05, 0) is 12.1 Å². The van der Waals surface area contributed by atoms with Crippen molar-refractivity contribution in [1.82, 2.24) is 14.6 Å². The van der Waals surface area contributed by atoms with Gasteiger partial charge in [-0.25, -0.2) is 4.98 Å². The Morgan fingerprint density at radius 2 is 2.04 bits per heavy atom. The Morgan fingerprint density at radius 3 is 2.67 bits per heavy atom. The highest BCUT2D eigenvalue weighted by molar-refractivity contribution is 7.17. The van der Waals surface area contributed by atoms with Crippen LogP contribution in [0.2, 0.25) is 0 Å². The lowest BCUT2D eigenvalue weighted by Gasteiger charge is -2.24. The Bertz CT molecular complexity index is 959. The van der Waals surface area contributed by atoms with Gasteiger partial charge >= 0.3 is 6.18 Å². The van der Waals surface area contributed by atoms with E-state index >= 15 is 0 Å². The molecule has 0 amide bonds. The summed E-state index contributed by atoms with van der Waals surface area (Å²) in [5.41, 5.74) is -0.118. The summed E-state index contributed by atoms with van der Waals surface area (Å²) in [6, 6.07) is 5.05. The second kappa shape index (κ2) is 6.79. The lowest BCUT2D eigenvalue weighted by Crippen LogP contribution is -3.10. The normalized spacial score (nSPS) is 17.0. The van der Waals surface area contributed by atoms with Gasteiger partial charge in [-0.15, -0.1) is 5.10 Å². The van der Waals surface area contributed by atoms with E-state index in [0.717, 1.165) is 36.9 Å². The summed E-state index contributed by atoms with van der Waals surface area (Å²) in [6.45, 7) is 3.64. The number of halogens is 3. The molecule has 0 bridgehead atoms. The molecular formula is C18H20F3N4OS+. The molecule has 1 fully saturated rings. The number of quaternary nitrogens is 1. The van der Waals surface area contributed by atoms with Crippen molar-refractivity contribution in [3.63, 3.8) is 0 Å². The predicted molar refractivity (Wildman–Crippen MR) is 95.1 cm³/mol. The Kier molecular flexibility index (Phi) is 4.59. The molecule has 1 saturated heterocycles. The Balaban J connectivity index is 1.83. The van der Waals surface area contributed by atoms with Gasteiger partial charge in [-0.2, -0.15) is 17.7 Å². The summed E-state index contributed by atoms with van der Waals surface area (Å²) in [7, 11) is 0. The first-order valence-corrected chi connectivity index (χ1v) is 9.79. The molecule has 0 spiro atoms. The van der Waals surface area contributed by atoms with Gasteiger partial charge < -0.3 is 10.0 Å². The van der Waals surface area contributed by atoms with E-state index < -0.39 is 11.7 Å². The smallest absolute Gasteiger partial charge is 0.416 e. The number of likely N-dealkylation sites (tertiary alicyclic amines) is 1. The van der Waals surface area contributed by atoms with Crippen molar-refractivity contribution in [3.05, 3.63) is 46.1 Å². The highest BCUT2D eigenvalue weighted by Crippen LogP contribution is 2.37. The van der Waals surface area contributed by atoms with Crippen molar-refractivity contribution in [2.45, 2.75) is 38.4 Å². The number of hydrogen-bond donors (Lipinski definition) is 2. The molecule has 3 heterocycles. The number of aromatic hydroxyl groups is 1. The van der Waals surface area contributed by atoms with Gasteiger partial charge in [0.1, 0.15) is 4.88 Å². The van der Waals surface area contributed by atoms with Crippen LogP contribution in [0.15, 0.2) is 24.3 Å². The minimum absolute atomic E-state index is 0.0241. The summed E-state index contributed by atoms with van der Waals surface area (Å²) >= 11 is 1.30. The van der Waals surface area contributed by atoms with Gasteiger partial charge in [-0.3, -0.25) is 0 Å². The summed E-state index contributed by atoms with van der Waals surface area (Å²) in [5.74, 6) is 0.608. The van der Waals surface area contributed by atoms with Crippen molar-refractivity contribution < 1.29 is 23.2 Å². The molecule has 0 aliphatic carbocycles. The van der Waals surface area contributed by atoms with Crippen molar-refractivity contribution in [2.75, 3.05) is 13.1 Å². The molecular weight excluding hydrogens is 377 g/mol. The molecule has 0 radical (unpaired) electrons. The molecule has 2 aromatic heterocycles. The Labute approximate surface area is 158 Å². The second-order valence-corrected chi connectivity index (χ2v) is 7.80. The standard InChI is InChI=1S/C18H19F3N4OS/c1-2-13-22-17-25(23-13)16(26)15(27-17)14(24-8-3-4-9-24)11-6-5-7-12(10-11)18(19,20)21/h5-7,10,14,26H,2-4,8-9H2,1H3/p+1/t14-/m1/s1. The lowest BCUT2D eigenvalue weighted by molar-refractivity contribution is -0.913. The minimum atomic E-state index is -4.40. The third-order valence-electron chi connectivity index (χ3n) is 5.02. The average molecular weight is 397 g/mol. The lowest BCUT2D eigenvalue weighted by atomic mass is 10.0.